The third kappa shape index (κ3) is 5.96. The summed E-state index contributed by atoms with van der Waals surface area (Å²) in [5, 5.41) is 4.93. The SMILES string of the molecule is COc1ccc(CC(CC(=O)Cc2ccc(Cl)cc2)c2noc(C3CCOCC3)n2)cc1. The normalized spacial score (nSPS) is 15.4. The molecular weight excluding hydrogens is 428 g/mol. The first-order chi connectivity index (χ1) is 15.6. The van der Waals surface area contributed by atoms with E-state index in [1.807, 2.05) is 36.4 Å². The molecule has 1 aliphatic rings. The molecule has 1 saturated heterocycles. The Kier molecular flexibility index (Phi) is 7.55. The lowest BCUT2D eigenvalue weighted by molar-refractivity contribution is -0.118. The summed E-state index contributed by atoms with van der Waals surface area (Å²) in [7, 11) is 1.64. The summed E-state index contributed by atoms with van der Waals surface area (Å²) in [4.78, 5) is 17.6. The van der Waals surface area contributed by atoms with Gasteiger partial charge in [-0.1, -0.05) is 41.0 Å². The Labute approximate surface area is 192 Å². The van der Waals surface area contributed by atoms with Crippen LogP contribution < -0.4 is 4.74 Å². The number of carbonyl (C=O) groups is 1. The smallest absolute Gasteiger partial charge is 0.229 e. The molecule has 0 spiro atoms. The van der Waals surface area contributed by atoms with Crippen LogP contribution in [0.2, 0.25) is 5.02 Å². The minimum atomic E-state index is -0.166. The standard InChI is InChI=1S/C25H27ClN2O4/c1-30-23-8-4-17(5-9-23)14-20(16-22(29)15-18-2-6-21(26)7-3-18)24-27-25(32-28-24)19-10-12-31-13-11-19/h2-9,19-20H,10-16H2,1H3. The summed E-state index contributed by atoms with van der Waals surface area (Å²) in [6.07, 6.45) is 3.08. The molecule has 0 saturated carbocycles. The van der Waals surface area contributed by atoms with Crippen molar-refractivity contribution in [1.82, 2.24) is 10.1 Å². The van der Waals surface area contributed by atoms with Crippen molar-refractivity contribution in [2.45, 2.75) is 43.9 Å². The van der Waals surface area contributed by atoms with E-state index in [0.29, 0.717) is 49.2 Å². The Hall–Kier alpha value is -2.70. The van der Waals surface area contributed by atoms with Crippen LogP contribution in [0.1, 0.15) is 53.9 Å². The minimum Gasteiger partial charge on any atom is -0.497 e. The molecule has 1 fully saturated rings. The monoisotopic (exact) mass is 454 g/mol. The van der Waals surface area contributed by atoms with Crippen LogP contribution >= 0.6 is 11.6 Å². The lowest BCUT2D eigenvalue weighted by atomic mass is 9.91. The lowest BCUT2D eigenvalue weighted by Gasteiger charge is -2.18. The molecule has 2 heterocycles. The van der Waals surface area contributed by atoms with Crippen LogP contribution in [0.3, 0.4) is 0 Å². The van der Waals surface area contributed by atoms with Crippen LogP contribution in [-0.2, 0) is 22.4 Å². The van der Waals surface area contributed by atoms with Crippen molar-refractivity contribution in [3.63, 3.8) is 0 Å². The Morgan fingerprint density at radius 3 is 2.47 bits per heavy atom. The molecule has 4 rings (SSSR count). The molecule has 0 amide bonds. The second-order valence-corrected chi connectivity index (χ2v) is 8.61. The maximum Gasteiger partial charge on any atom is 0.229 e. The van der Waals surface area contributed by atoms with Gasteiger partial charge < -0.3 is 14.0 Å². The van der Waals surface area contributed by atoms with Crippen LogP contribution in [0.5, 0.6) is 5.75 Å². The molecule has 0 N–H and O–H groups in total. The summed E-state index contributed by atoms with van der Waals surface area (Å²) in [5.41, 5.74) is 2.03. The number of halogens is 1. The third-order valence-corrected chi connectivity index (χ3v) is 6.07. The van der Waals surface area contributed by atoms with Crippen LogP contribution in [0.4, 0.5) is 0 Å². The second-order valence-electron chi connectivity index (χ2n) is 8.17. The number of ketones is 1. The zero-order valence-corrected chi connectivity index (χ0v) is 18.9. The van der Waals surface area contributed by atoms with E-state index < -0.39 is 0 Å². The fourth-order valence-electron chi connectivity index (χ4n) is 4.00. The fraction of sp³-hybridized carbons (Fsp3) is 0.400. The average Bonchev–Trinajstić information content (AvgIpc) is 3.32. The number of rotatable bonds is 9. The van der Waals surface area contributed by atoms with Gasteiger partial charge in [-0.3, -0.25) is 4.79 Å². The summed E-state index contributed by atoms with van der Waals surface area (Å²) in [6.45, 7) is 1.41. The first kappa shape index (κ1) is 22.5. The number of nitrogens with zero attached hydrogens (tertiary/aromatic N) is 2. The topological polar surface area (TPSA) is 74.5 Å². The maximum absolute atomic E-state index is 12.9. The summed E-state index contributed by atoms with van der Waals surface area (Å²) in [6, 6.07) is 15.2. The van der Waals surface area contributed by atoms with Crippen molar-refractivity contribution in [2.75, 3.05) is 20.3 Å². The van der Waals surface area contributed by atoms with Crippen LogP contribution in [0, 0.1) is 0 Å². The molecule has 2 aromatic carbocycles. The Bertz CT molecular complexity index is 1010. The number of hydrogen-bond acceptors (Lipinski definition) is 6. The van der Waals surface area contributed by atoms with E-state index in [1.165, 1.54) is 0 Å². The Balaban J connectivity index is 1.50. The Morgan fingerprint density at radius 1 is 1.09 bits per heavy atom. The van der Waals surface area contributed by atoms with Gasteiger partial charge in [0.05, 0.1) is 7.11 Å². The highest BCUT2D eigenvalue weighted by Gasteiger charge is 2.26. The number of methoxy groups -OCH3 is 1. The van der Waals surface area contributed by atoms with Crippen molar-refractivity contribution >= 4 is 17.4 Å². The molecular formula is C25H27ClN2O4. The van der Waals surface area contributed by atoms with Crippen molar-refractivity contribution in [3.05, 3.63) is 76.4 Å². The predicted octanol–water partition coefficient (Wildman–Crippen LogP) is 5.15. The number of ether oxygens (including phenoxy) is 2. The van der Waals surface area contributed by atoms with Gasteiger partial charge >= 0.3 is 0 Å². The predicted molar refractivity (Wildman–Crippen MR) is 121 cm³/mol. The largest absolute Gasteiger partial charge is 0.497 e. The van der Waals surface area contributed by atoms with Gasteiger partial charge in [0.1, 0.15) is 11.5 Å². The van der Waals surface area contributed by atoms with E-state index in [1.54, 1.807) is 19.2 Å². The van der Waals surface area contributed by atoms with Crippen LogP contribution in [0.25, 0.3) is 0 Å². The van der Waals surface area contributed by atoms with Crippen molar-refractivity contribution < 1.29 is 18.8 Å². The van der Waals surface area contributed by atoms with E-state index in [2.05, 4.69) is 5.16 Å². The van der Waals surface area contributed by atoms with E-state index in [-0.39, 0.29) is 17.6 Å². The van der Waals surface area contributed by atoms with Gasteiger partial charge in [-0.15, -0.1) is 0 Å². The van der Waals surface area contributed by atoms with Crippen LogP contribution in [-0.4, -0.2) is 36.2 Å². The van der Waals surface area contributed by atoms with Gasteiger partial charge in [0.2, 0.25) is 5.89 Å². The van der Waals surface area contributed by atoms with Crippen LogP contribution in [0.15, 0.2) is 53.1 Å². The zero-order valence-electron chi connectivity index (χ0n) is 18.1. The first-order valence-electron chi connectivity index (χ1n) is 10.9. The van der Waals surface area contributed by atoms with Gasteiger partial charge in [-0.25, -0.2) is 0 Å². The number of benzene rings is 2. The molecule has 1 aliphatic heterocycles. The highest BCUT2D eigenvalue weighted by molar-refractivity contribution is 6.30. The average molecular weight is 455 g/mol. The quantitative estimate of drug-likeness (QED) is 0.445. The molecule has 3 aromatic rings. The highest BCUT2D eigenvalue weighted by atomic mass is 35.5. The van der Waals surface area contributed by atoms with Gasteiger partial charge in [0, 0.05) is 42.9 Å². The molecule has 6 nitrogen and oxygen atoms in total. The molecule has 32 heavy (non-hydrogen) atoms. The summed E-state index contributed by atoms with van der Waals surface area (Å²) < 4.78 is 16.3. The summed E-state index contributed by atoms with van der Waals surface area (Å²) >= 11 is 5.96. The van der Waals surface area contributed by atoms with Crippen molar-refractivity contribution in [1.29, 1.82) is 0 Å². The maximum atomic E-state index is 12.9. The Morgan fingerprint density at radius 2 is 1.78 bits per heavy atom. The molecule has 1 unspecified atom stereocenters. The molecule has 1 atom stereocenters. The molecule has 0 radical (unpaired) electrons. The van der Waals surface area contributed by atoms with E-state index in [0.717, 1.165) is 29.7 Å². The fourth-order valence-corrected chi connectivity index (χ4v) is 4.13. The molecule has 7 heteroatoms. The molecule has 0 bridgehead atoms. The van der Waals surface area contributed by atoms with Gasteiger partial charge in [-0.2, -0.15) is 4.98 Å². The van der Waals surface area contributed by atoms with E-state index in [9.17, 15) is 4.79 Å². The molecule has 168 valence electrons. The highest BCUT2D eigenvalue weighted by Crippen LogP contribution is 2.29. The van der Waals surface area contributed by atoms with Crippen molar-refractivity contribution in [2.24, 2.45) is 0 Å². The third-order valence-electron chi connectivity index (χ3n) is 5.82. The zero-order chi connectivity index (χ0) is 22.3. The minimum absolute atomic E-state index is 0.128. The van der Waals surface area contributed by atoms with Gasteiger partial charge in [0.15, 0.2) is 5.82 Å². The molecule has 1 aromatic heterocycles. The summed E-state index contributed by atoms with van der Waals surface area (Å²) in [5.74, 6) is 2.21. The molecule has 0 aliphatic carbocycles. The second kappa shape index (κ2) is 10.7. The lowest BCUT2D eigenvalue weighted by Crippen LogP contribution is -2.15. The number of carbonyl (C=O) groups excluding carboxylic acids is 1. The van der Waals surface area contributed by atoms with Gasteiger partial charge in [0.25, 0.3) is 0 Å². The van der Waals surface area contributed by atoms with E-state index in [4.69, 9.17) is 30.6 Å². The number of hydrogen-bond donors (Lipinski definition) is 0. The van der Waals surface area contributed by atoms with Crippen molar-refractivity contribution in [3.8, 4) is 5.75 Å². The number of aromatic nitrogens is 2. The van der Waals surface area contributed by atoms with E-state index >= 15 is 0 Å². The number of Topliss-reactive ketones (excluding diaryl/α,β-unsaturated/α-hetero) is 1. The van der Waals surface area contributed by atoms with Gasteiger partial charge in [-0.05, 0) is 54.7 Å². The first-order valence-corrected chi connectivity index (χ1v) is 11.3.